The second kappa shape index (κ2) is 13.8. The van der Waals surface area contributed by atoms with Crippen LogP contribution in [0.25, 0.3) is 22.2 Å². The van der Waals surface area contributed by atoms with Crippen LogP contribution in [0.4, 0.5) is 0 Å². The molecule has 8 nitrogen and oxygen atoms in total. The molecule has 212 valence electrons. The van der Waals surface area contributed by atoms with Crippen LogP contribution in [0.15, 0.2) is 48.7 Å². The van der Waals surface area contributed by atoms with Gasteiger partial charge < -0.3 is 19.8 Å². The molecule has 0 fully saturated rings. The van der Waals surface area contributed by atoms with Crippen LogP contribution >= 0.6 is 0 Å². The maximum absolute atomic E-state index is 13.4. The van der Waals surface area contributed by atoms with Crippen molar-refractivity contribution in [3.63, 3.8) is 0 Å². The summed E-state index contributed by atoms with van der Waals surface area (Å²) in [5.41, 5.74) is 4.88. The highest BCUT2D eigenvalue weighted by Gasteiger charge is 2.24. The molecule has 0 saturated heterocycles. The van der Waals surface area contributed by atoms with Crippen LogP contribution in [-0.4, -0.2) is 35.4 Å². The Morgan fingerprint density at radius 1 is 1.00 bits per heavy atom. The summed E-state index contributed by atoms with van der Waals surface area (Å²) >= 11 is 0. The van der Waals surface area contributed by atoms with Gasteiger partial charge in [-0.25, -0.2) is 9.97 Å². The third kappa shape index (κ3) is 7.31. The van der Waals surface area contributed by atoms with E-state index >= 15 is 0 Å². The zero-order valence-electron chi connectivity index (χ0n) is 24.0. The number of H-pyrrole nitrogens is 3. The third-order valence-corrected chi connectivity index (χ3v) is 7.31. The summed E-state index contributed by atoms with van der Waals surface area (Å²) in [6.07, 6.45) is 6.86. The molecular weight excluding hydrogens is 504 g/mol. The van der Waals surface area contributed by atoms with Crippen molar-refractivity contribution in [2.75, 3.05) is 13.7 Å². The lowest BCUT2D eigenvalue weighted by molar-refractivity contribution is -0.391. The van der Waals surface area contributed by atoms with E-state index in [2.05, 4.69) is 20.3 Å². The number of unbranched alkanes of at least 4 members (excludes halogenated alkanes) is 2. The van der Waals surface area contributed by atoms with Gasteiger partial charge in [0.15, 0.2) is 5.69 Å². The van der Waals surface area contributed by atoms with Crippen molar-refractivity contribution in [2.24, 2.45) is 0 Å². The summed E-state index contributed by atoms with van der Waals surface area (Å²) in [5, 5.41) is 4.25. The molecule has 2 heterocycles. The number of rotatable bonds is 15. The van der Waals surface area contributed by atoms with Crippen LogP contribution in [-0.2, 0) is 16.0 Å². The van der Waals surface area contributed by atoms with Gasteiger partial charge in [0.05, 0.1) is 20.1 Å². The molecule has 8 heteroatoms. The number of ketones is 1. The van der Waals surface area contributed by atoms with E-state index in [9.17, 15) is 9.59 Å². The summed E-state index contributed by atoms with van der Waals surface area (Å²) in [6.45, 7) is 6.49. The van der Waals surface area contributed by atoms with Crippen LogP contribution in [0.5, 0.6) is 11.5 Å². The second-order valence-electron chi connectivity index (χ2n) is 10.1. The lowest BCUT2D eigenvalue weighted by Gasteiger charge is -2.14. The van der Waals surface area contributed by atoms with Crippen molar-refractivity contribution in [2.45, 2.75) is 71.8 Å². The zero-order valence-corrected chi connectivity index (χ0v) is 24.0. The number of aryl methyl sites for hydroxylation is 1. The number of aromatic nitrogens is 3. The van der Waals surface area contributed by atoms with Crippen molar-refractivity contribution in [1.29, 1.82) is 0 Å². The van der Waals surface area contributed by atoms with Gasteiger partial charge in [-0.1, -0.05) is 19.8 Å². The monoisotopic (exact) mass is 545 g/mol. The number of ether oxygens (including phenoxy) is 2. The largest absolute Gasteiger partial charge is 0.497 e. The molecule has 4 aromatic rings. The Morgan fingerprint density at radius 2 is 1.77 bits per heavy atom. The highest BCUT2D eigenvalue weighted by Crippen LogP contribution is 2.28. The molecular formula is C32H41N4O4+. The highest BCUT2D eigenvalue weighted by molar-refractivity contribution is 5.91. The van der Waals surface area contributed by atoms with Crippen LogP contribution in [0, 0.1) is 6.92 Å². The topological polar surface area (TPSA) is 110 Å². The summed E-state index contributed by atoms with van der Waals surface area (Å²) in [5.74, 6) is 2.69. The molecule has 2 aromatic heterocycles. The maximum Gasteiger partial charge on any atom is 0.275 e. The Kier molecular flexibility index (Phi) is 10.00. The number of benzene rings is 2. The van der Waals surface area contributed by atoms with Gasteiger partial charge in [-0.05, 0) is 74.7 Å². The number of nitrogens with one attached hydrogen (secondary N) is 4. The van der Waals surface area contributed by atoms with Crippen molar-refractivity contribution in [1.82, 2.24) is 15.3 Å². The average Bonchev–Trinajstić information content (AvgIpc) is 3.57. The number of imidazole rings is 1. The lowest BCUT2D eigenvalue weighted by Crippen LogP contribution is -2.33. The fourth-order valence-corrected chi connectivity index (χ4v) is 5.04. The third-order valence-electron chi connectivity index (χ3n) is 7.31. The SMILES string of the molecule is CCOc1ccc(-c2c[nH+]c([C@H](CCCCCC(=O)CC)NC(=O)Cc3c(C)[nH]c4ccc(OC)cc34)[nH]2)cc1. The fraction of sp³-hybridized carbons (Fsp3) is 0.406. The number of amides is 1. The van der Waals surface area contributed by atoms with Gasteiger partial charge in [-0.3, -0.25) is 9.59 Å². The fourth-order valence-electron chi connectivity index (χ4n) is 5.04. The number of hydrogen-bond donors (Lipinski definition) is 3. The summed E-state index contributed by atoms with van der Waals surface area (Å²) in [7, 11) is 1.64. The Labute approximate surface area is 235 Å². The molecule has 0 spiro atoms. The van der Waals surface area contributed by atoms with E-state index in [1.54, 1.807) is 7.11 Å². The molecule has 1 amide bonds. The molecule has 1 atom stereocenters. The summed E-state index contributed by atoms with van der Waals surface area (Å²) < 4.78 is 11.0. The van der Waals surface area contributed by atoms with E-state index in [4.69, 9.17) is 9.47 Å². The van der Waals surface area contributed by atoms with Crippen molar-refractivity contribution in [3.05, 3.63) is 65.7 Å². The van der Waals surface area contributed by atoms with E-state index in [1.807, 2.05) is 69.4 Å². The Hall–Kier alpha value is -4.07. The van der Waals surface area contributed by atoms with Crippen molar-refractivity contribution < 1.29 is 24.0 Å². The summed E-state index contributed by atoms with van der Waals surface area (Å²) in [4.78, 5) is 35.3. The van der Waals surface area contributed by atoms with Gasteiger partial charge in [0, 0.05) is 35.0 Å². The van der Waals surface area contributed by atoms with E-state index < -0.39 is 0 Å². The Morgan fingerprint density at radius 3 is 2.50 bits per heavy atom. The van der Waals surface area contributed by atoms with Gasteiger partial charge in [-0.15, -0.1) is 0 Å². The molecule has 2 aromatic carbocycles. The van der Waals surface area contributed by atoms with Crippen LogP contribution in [0.1, 0.15) is 75.5 Å². The highest BCUT2D eigenvalue weighted by atomic mass is 16.5. The Bertz CT molecular complexity index is 1420. The molecule has 4 rings (SSSR count). The van der Waals surface area contributed by atoms with Crippen molar-refractivity contribution in [3.8, 4) is 22.8 Å². The molecule has 0 saturated carbocycles. The lowest BCUT2D eigenvalue weighted by atomic mass is 10.0. The predicted octanol–water partition coefficient (Wildman–Crippen LogP) is 6.02. The molecule has 0 aliphatic carbocycles. The number of methoxy groups -OCH3 is 1. The minimum atomic E-state index is -0.217. The number of carbonyl (C=O) groups excluding carboxylic acids is 2. The standard InChI is InChI=1S/C32H40N4O4/c1-5-23(37)10-8-7-9-11-29(32-33-20-30(36-32)22-12-14-24(15-13-22)40-6-2)35-31(38)19-26-21(3)34-28-17-16-25(39-4)18-27(26)28/h12-18,20,29,34H,5-11,19H2,1-4H3,(H,33,36)(H,35,38)/p+1/t29-/m0/s1. The number of aromatic amines is 3. The van der Waals surface area contributed by atoms with Gasteiger partial charge in [-0.2, -0.15) is 0 Å². The number of hydrogen-bond acceptors (Lipinski definition) is 4. The first kappa shape index (κ1) is 28.9. The first-order valence-corrected chi connectivity index (χ1v) is 14.2. The number of fused-ring (bicyclic) bond motifs is 1. The second-order valence-corrected chi connectivity index (χ2v) is 10.1. The van der Waals surface area contributed by atoms with E-state index in [0.717, 1.165) is 76.4 Å². The first-order valence-electron chi connectivity index (χ1n) is 14.2. The molecule has 0 aliphatic rings. The van der Waals surface area contributed by atoms with Gasteiger partial charge >= 0.3 is 0 Å². The van der Waals surface area contributed by atoms with Crippen molar-refractivity contribution >= 4 is 22.6 Å². The average molecular weight is 546 g/mol. The zero-order chi connectivity index (χ0) is 28.5. The molecule has 40 heavy (non-hydrogen) atoms. The van der Waals surface area contributed by atoms with E-state index in [0.29, 0.717) is 25.2 Å². The molecule has 0 bridgehead atoms. The van der Waals surface area contributed by atoms with Crippen LogP contribution < -0.4 is 19.8 Å². The first-order chi connectivity index (χ1) is 19.4. The number of carbonyl (C=O) groups is 2. The summed E-state index contributed by atoms with van der Waals surface area (Å²) in [6, 6.07) is 13.6. The Balaban J connectivity index is 1.49. The molecule has 0 aliphatic heterocycles. The quantitative estimate of drug-likeness (QED) is 0.159. The predicted molar refractivity (Wildman–Crippen MR) is 157 cm³/mol. The van der Waals surface area contributed by atoms with Crippen LogP contribution in [0.3, 0.4) is 0 Å². The maximum atomic E-state index is 13.4. The number of Topliss-reactive ketones (excluding diaryl/α,β-unsaturated/α-hetero) is 1. The van der Waals surface area contributed by atoms with E-state index in [1.165, 1.54) is 0 Å². The van der Waals surface area contributed by atoms with Gasteiger partial charge in [0.25, 0.3) is 5.82 Å². The molecule has 0 radical (unpaired) electrons. The molecule has 4 N–H and O–H groups in total. The molecule has 0 unspecified atom stereocenters. The smallest absolute Gasteiger partial charge is 0.275 e. The van der Waals surface area contributed by atoms with Crippen LogP contribution in [0.2, 0.25) is 0 Å². The van der Waals surface area contributed by atoms with Gasteiger partial charge in [0.2, 0.25) is 5.91 Å². The minimum Gasteiger partial charge on any atom is -0.497 e. The van der Waals surface area contributed by atoms with E-state index in [-0.39, 0.29) is 18.4 Å². The normalized spacial score (nSPS) is 11.9. The van der Waals surface area contributed by atoms with Gasteiger partial charge in [0.1, 0.15) is 29.5 Å². The minimum absolute atomic E-state index is 0.0522.